The highest BCUT2D eigenvalue weighted by Crippen LogP contribution is 2.23. The summed E-state index contributed by atoms with van der Waals surface area (Å²) in [6.45, 7) is 7.31. The van der Waals surface area contributed by atoms with Crippen LogP contribution >= 0.6 is 15.9 Å². The Hall–Kier alpha value is -0.810. The number of aryl methyl sites for hydroxylation is 1. The molecule has 1 saturated heterocycles. The summed E-state index contributed by atoms with van der Waals surface area (Å²) in [6, 6.07) is 1.86. The maximum Gasteiger partial charge on any atom is 0.270 e. The van der Waals surface area contributed by atoms with E-state index in [0.717, 1.165) is 4.47 Å². The molecule has 0 spiro atoms. The summed E-state index contributed by atoms with van der Waals surface area (Å²) < 4.78 is 8.59. The Morgan fingerprint density at radius 3 is 2.72 bits per heavy atom. The monoisotopic (exact) mass is 314 g/mol. The van der Waals surface area contributed by atoms with Crippen molar-refractivity contribution in [1.29, 1.82) is 0 Å². The van der Waals surface area contributed by atoms with E-state index in [0.29, 0.717) is 18.8 Å². The molecule has 0 radical (unpaired) electrons. The highest BCUT2D eigenvalue weighted by molar-refractivity contribution is 9.10. The Morgan fingerprint density at radius 2 is 2.22 bits per heavy atom. The first-order valence-corrected chi connectivity index (χ1v) is 6.87. The van der Waals surface area contributed by atoms with E-state index in [4.69, 9.17) is 4.74 Å². The molecule has 4 nitrogen and oxygen atoms in total. The van der Waals surface area contributed by atoms with Crippen LogP contribution in [0.3, 0.4) is 0 Å². The summed E-state index contributed by atoms with van der Waals surface area (Å²) in [4.78, 5) is 14.4. The Labute approximate surface area is 116 Å². The third-order valence-electron chi connectivity index (χ3n) is 3.05. The van der Waals surface area contributed by atoms with Gasteiger partial charge in [-0.25, -0.2) is 0 Å². The number of aromatic nitrogens is 1. The standard InChI is InChI=1S/C13H19BrN2O2/c1-9-6-16(8-13(2,3)18-9)12(17)11-5-10(14)7-15(11)4/h5,7,9H,6,8H2,1-4H3. The minimum absolute atomic E-state index is 0.0615. The number of carbonyl (C=O) groups excluding carboxylic acids is 1. The van der Waals surface area contributed by atoms with Crippen molar-refractivity contribution in [2.45, 2.75) is 32.5 Å². The topological polar surface area (TPSA) is 34.5 Å². The van der Waals surface area contributed by atoms with Crippen molar-refractivity contribution in [1.82, 2.24) is 9.47 Å². The van der Waals surface area contributed by atoms with Crippen LogP contribution in [0.2, 0.25) is 0 Å². The molecule has 2 heterocycles. The second-order valence-corrected chi connectivity index (χ2v) is 6.44. The van der Waals surface area contributed by atoms with E-state index in [-0.39, 0.29) is 17.6 Å². The molecule has 5 heteroatoms. The van der Waals surface area contributed by atoms with Gasteiger partial charge in [-0.15, -0.1) is 0 Å². The van der Waals surface area contributed by atoms with Gasteiger partial charge >= 0.3 is 0 Å². The highest BCUT2D eigenvalue weighted by Gasteiger charge is 2.34. The molecule has 1 atom stereocenters. The van der Waals surface area contributed by atoms with E-state index in [2.05, 4.69) is 15.9 Å². The zero-order valence-electron chi connectivity index (χ0n) is 11.2. The number of morpholine rings is 1. The van der Waals surface area contributed by atoms with Crippen LogP contribution in [0.15, 0.2) is 16.7 Å². The molecule has 0 aliphatic carbocycles. The van der Waals surface area contributed by atoms with Crippen molar-refractivity contribution in [3.05, 3.63) is 22.4 Å². The van der Waals surface area contributed by atoms with Gasteiger partial charge in [0.25, 0.3) is 5.91 Å². The van der Waals surface area contributed by atoms with Crippen molar-refractivity contribution in [3.8, 4) is 0 Å². The van der Waals surface area contributed by atoms with Crippen LogP contribution in [0.1, 0.15) is 31.3 Å². The predicted molar refractivity (Wildman–Crippen MR) is 73.6 cm³/mol. The molecule has 0 saturated carbocycles. The van der Waals surface area contributed by atoms with Gasteiger partial charge in [0.2, 0.25) is 0 Å². The van der Waals surface area contributed by atoms with Gasteiger partial charge in [0, 0.05) is 30.8 Å². The van der Waals surface area contributed by atoms with Crippen molar-refractivity contribution >= 4 is 21.8 Å². The molecule has 1 aromatic rings. The summed E-state index contributed by atoms with van der Waals surface area (Å²) in [5.41, 5.74) is 0.419. The molecule has 2 rings (SSSR count). The van der Waals surface area contributed by atoms with Crippen molar-refractivity contribution in [3.63, 3.8) is 0 Å². The van der Waals surface area contributed by atoms with Crippen LogP contribution in [0.5, 0.6) is 0 Å². The smallest absolute Gasteiger partial charge is 0.270 e. The Balaban J connectivity index is 2.21. The number of hydrogen-bond acceptors (Lipinski definition) is 2. The first kappa shape index (κ1) is 13.6. The van der Waals surface area contributed by atoms with Crippen molar-refractivity contribution in [2.75, 3.05) is 13.1 Å². The summed E-state index contributed by atoms with van der Waals surface area (Å²) >= 11 is 3.39. The van der Waals surface area contributed by atoms with E-state index in [1.54, 1.807) is 0 Å². The van der Waals surface area contributed by atoms with Gasteiger partial charge in [-0.05, 0) is 42.8 Å². The van der Waals surface area contributed by atoms with Gasteiger partial charge in [0.15, 0.2) is 0 Å². The van der Waals surface area contributed by atoms with Gasteiger partial charge < -0.3 is 14.2 Å². The van der Waals surface area contributed by atoms with Crippen molar-refractivity contribution in [2.24, 2.45) is 7.05 Å². The molecule has 1 aromatic heterocycles. The average molecular weight is 315 g/mol. The molecule has 0 aromatic carbocycles. The van der Waals surface area contributed by atoms with E-state index >= 15 is 0 Å². The van der Waals surface area contributed by atoms with Gasteiger partial charge in [0.1, 0.15) is 5.69 Å². The van der Waals surface area contributed by atoms with Crippen molar-refractivity contribution < 1.29 is 9.53 Å². The average Bonchev–Trinajstić information content (AvgIpc) is 2.53. The first-order chi connectivity index (χ1) is 8.28. The van der Waals surface area contributed by atoms with Crippen LogP contribution in [-0.4, -0.2) is 40.2 Å². The molecule has 1 fully saturated rings. The summed E-state index contributed by atoms with van der Waals surface area (Å²) in [7, 11) is 1.88. The largest absolute Gasteiger partial charge is 0.369 e. The summed E-state index contributed by atoms with van der Waals surface area (Å²) in [5.74, 6) is 0.0615. The molecular weight excluding hydrogens is 296 g/mol. The Kier molecular flexibility index (Phi) is 3.56. The van der Waals surface area contributed by atoms with Gasteiger partial charge in [-0.2, -0.15) is 0 Å². The van der Waals surface area contributed by atoms with E-state index in [1.165, 1.54) is 0 Å². The number of carbonyl (C=O) groups is 1. The molecule has 1 unspecified atom stereocenters. The van der Waals surface area contributed by atoms with Crippen LogP contribution in [-0.2, 0) is 11.8 Å². The first-order valence-electron chi connectivity index (χ1n) is 6.07. The normalized spacial score (nSPS) is 23.2. The lowest BCUT2D eigenvalue weighted by Gasteiger charge is -2.41. The fraction of sp³-hybridized carbons (Fsp3) is 0.615. The predicted octanol–water partition coefficient (Wildman–Crippen LogP) is 2.43. The highest BCUT2D eigenvalue weighted by atomic mass is 79.9. The molecule has 100 valence electrons. The molecule has 18 heavy (non-hydrogen) atoms. The van der Waals surface area contributed by atoms with E-state index in [9.17, 15) is 4.79 Å². The van der Waals surface area contributed by atoms with E-state index < -0.39 is 0 Å². The van der Waals surface area contributed by atoms with Gasteiger partial charge in [-0.3, -0.25) is 4.79 Å². The van der Waals surface area contributed by atoms with Crippen LogP contribution in [0.25, 0.3) is 0 Å². The Bertz CT molecular complexity index is 468. The Morgan fingerprint density at radius 1 is 1.56 bits per heavy atom. The summed E-state index contributed by atoms with van der Waals surface area (Å²) in [6.07, 6.45) is 1.96. The molecule has 1 amide bonds. The molecule has 0 N–H and O–H groups in total. The zero-order valence-corrected chi connectivity index (χ0v) is 12.8. The lowest BCUT2D eigenvalue weighted by molar-refractivity contribution is -0.119. The third kappa shape index (κ3) is 2.78. The maximum atomic E-state index is 12.5. The van der Waals surface area contributed by atoms with Gasteiger partial charge in [-0.1, -0.05) is 0 Å². The minimum Gasteiger partial charge on any atom is -0.369 e. The van der Waals surface area contributed by atoms with Crippen LogP contribution < -0.4 is 0 Å². The molecule has 0 bridgehead atoms. The molecule has 1 aliphatic rings. The number of amides is 1. The lowest BCUT2D eigenvalue weighted by atomic mass is 10.1. The minimum atomic E-state index is -0.282. The fourth-order valence-electron chi connectivity index (χ4n) is 2.51. The second kappa shape index (κ2) is 4.70. The lowest BCUT2D eigenvalue weighted by Crippen LogP contribution is -2.54. The van der Waals surface area contributed by atoms with Gasteiger partial charge in [0.05, 0.1) is 11.7 Å². The quantitative estimate of drug-likeness (QED) is 0.798. The number of hydrogen-bond donors (Lipinski definition) is 0. The molecular formula is C13H19BrN2O2. The second-order valence-electron chi connectivity index (χ2n) is 5.53. The number of halogens is 1. The van der Waals surface area contributed by atoms with Crippen LogP contribution in [0.4, 0.5) is 0 Å². The zero-order chi connectivity index (χ0) is 13.5. The number of rotatable bonds is 1. The number of nitrogens with zero attached hydrogens (tertiary/aromatic N) is 2. The van der Waals surface area contributed by atoms with E-state index in [1.807, 2.05) is 49.5 Å². The molecule has 1 aliphatic heterocycles. The third-order valence-corrected chi connectivity index (χ3v) is 3.48. The fourth-order valence-corrected chi connectivity index (χ4v) is 3.03. The van der Waals surface area contributed by atoms with Crippen LogP contribution in [0, 0.1) is 0 Å². The summed E-state index contributed by atoms with van der Waals surface area (Å²) in [5, 5.41) is 0. The maximum absolute atomic E-state index is 12.5. The number of ether oxygens (including phenoxy) is 1. The SMILES string of the molecule is CC1CN(C(=O)c2cc(Br)cn2C)CC(C)(C)O1.